The lowest BCUT2D eigenvalue weighted by atomic mass is 10.0. The number of nitrogens with zero attached hydrogens (tertiary/aromatic N) is 1. The second-order valence-electron chi connectivity index (χ2n) is 6.31. The number of aliphatic hydroxyl groups excluding tert-OH is 2. The topological polar surface area (TPSA) is 78.5 Å². The summed E-state index contributed by atoms with van der Waals surface area (Å²) >= 11 is 0. The maximum absolute atomic E-state index is 10.6. The normalized spacial score (nSPS) is 20.3. The molecular weight excluding hydrogens is 304 g/mol. The molecule has 124 valence electrons. The highest BCUT2D eigenvalue weighted by Gasteiger charge is 2.27. The molecule has 0 bridgehead atoms. The highest BCUT2D eigenvalue weighted by atomic mass is 16.5. The highest BCUT2D eigenvalue weighted by Crippen LogP contribution is 2.29. The predicted molar refractivity (Wildman–Crippen MR) is 90.5 cm³/mol. The minimum absolute atomic E-state index is 0.000705. The van der Waals surface area contributed by atoms with E-state index in [4.69, 9.17) is 4.52 Å². The van der Waals surface area contributed by atoms with E-state index in [1.54, 1.807) is 6.07 Å². The number of fused-ring (bicyclic) bond motifs is 1. The molecule has 5 heteroatoms. The Hall–Kier alpha value is -2.21. The van der Waals surface area contributed by atoms with Crippen LogP contribution in [0.1, 0.15) is 42.1 Å². The summed E-state index contributed by atoms with van der Waals surface area (Å²) in [6.07, 6.45) is 0.344. The average molecular weight is 324 g/mol. The molecule has 0 radical (unpaired) electrons. The molecule has 24 heavy (non-hydrogen) atoms. The molecule has 5 nitrogen and oxygen atoms in total. The summed E-state index contributed by atoms with van der Waals surface area (Å²) in [4.78, 5) is 0. The third-order valence-electron chi connectivity index (χ3n) is 4.69. The quantitative estimate of drug-likeness (QED) is 0.688. The van der Waals surface area contributed by atoms with Gasteiger partial charge in [0.1, 0.15) is 17.9 Å². The molecule has 1 aliphatic heterocycles. The molecule has 3 aromatic rings. The van der Waals surface area contributed by atoms with Crippen LogP contribution in [-0.4, -0.2) is 28.0 Å². The number of aromatic nitrogens is 1. The fraction of sp³-hybridized carbons (Fsp3) is 0.316. The van der Waals surface area contributed by atoms with Crippen LogP contribution in [0.5, 0.6) is 0 Å². The Labute approximate surface area is 139 Å². The average Bonchev–Trinajstić information content (AvgIpc) is 3.32. The van der Waals surface area contributed by atoms with Crippen molar-refractivity contribution in [1.82, 2.24) is 10.5 Å². The van der Waals surface area contributed by atoms with Crippen molar-refractivity contribution in [2.75, 3.05) is 6.54 Å². The second kappa shape index (κ2) is 6.36. The van der Waals surface area contributed by atoms with Crippen molar-refractivity contribution in [3.8, 4) is 0 Å². The zero-order valence-electron chi connectivity index (χ0n) is 13.2. The lowest BCUT2D eigenvalue weighted by Crippen LogP contribution is -2.28. The van der Waals surface area contributed by atoms with Gasteiger partial charge in [-0.15, -0.1) is 0 Å². The SMILES string of the molecule is O[C@@H](c1ccc2ccccc2c1)c1cc([C@@H](O)[C@@H]2CCCN2)no1. The smallest absolute Gasteiger partial charge is 0.170 e. The molecule has 0 spiro atoms. The van der Waals surface area contributed by atoms with Gasteiger partial charge in [-0.3, -0.25) is 0 Å². The van der Waals surface area contributed by atoms with E-state index in [1.807, 2.05) is 42.5 Å². The van der Waals surface area contributed by atoms with Gasteiger partial charge >= 0.3 is 0 Å². The first-order valence-electron chi connectivity index (χ1n) is 8.27. The van der Waals surface area contributed by atoms with Crippen LogP contribution in [0, 0.1) is 0 Å². The van der Waals surface area contributed by atoms with Gasteiger partial charge in [0.05, 0.1) is 0 Å². The number of aliphatic hydroxyl groups is 2. The van der Waals surface area contributed by atoms with Crippen molar-refractivity contribution in [3.63, 3.8) is 0 Å². The van der Waals surface area contributed by atoms with E-state index in [0.29, 0.717) is 11.5 Å². The van der Waals surface area contributed by atoms with Gasteiger partial charge in [-0.2, -0.15) is 0 Å². The highest BCUT2D eigenvalue weighted by molar-refractivity contribution is 5.83. The van der Waals surface area contributed by atoms with Crippen LogP contribution in [0.15, 0.2) is 53.1 Å². The van der Waals surface area contributed by atoms with Gasteiger partial charge in [-0.25, -0.2) is 0 Å². The molecule has 0 unspecified atom stereocenters. The Balaban J connectivity index is 1.58. The number of hydrogen-bond donors (Lipinski definition) is 3. The second-order valence-corrected chi connectivity index (χ2v) is 6.31. The Morgan fingerprint density at radius 3 is 2.71 bits per heavy atom. The molecule has 2 heterocycles. The van der Waals surface area contributed by atoms with Gasteiger partial charge in [-0.05, 0) is 41.8 Å². The van der Waals surface area contributed by atoms with Crippen LogP contribution in [0.2, 0.25) is 0 Å². The van der Waals surface area contributed by atoms with Gasteiger partial charge in [0.15, 0.2) is 5.76 Å². The van der Waals surface area contributed by atoms with E-state index in [1.165, 1.54) is 0 Å². The van der Waals surface area contributed by atoms with E-state index in [-0.39, 0.29) is 6.04 Å². The molecule has 0 aliphatic carbocycles. The van der Waals surface area contributed by atoms with E-state index in [0.717, 1.165) is 35.7 Å². The summed E-state index contributed by atoms with van der Waals surface area (Å²) in [6, 6.07) is 15.4. The van der Waals surface area contributed by atoms with E-state index < -0.39 is 12.2 Å². The van der Waals surface area contributed by atoms with Crippen molar-refractivity contribution in [1.29, 1.82) is 0 Å². The van der Waals surface area contributed by atoms with E-state index in [2.05, 4.69) is 10.5 Å². The van der Waals surface area contributed by atoms with E-state index in [9.17, 15) is 10.2 Å². The largest absolute Gasteiger partial charge is 0.385 e. The summed E-state index contributed by atoms with van der Waals surface area (Å²) in [7, 11) is 0. The molecule has 3 atom stereocenters. The molecule has 0 amide bonds. The zero-order valence-corrected chi connectivity index (χ0v) is 13.2. The number of benzene rings is 2. The van der Waals surface area contributed by atoms with Crippen LogP contribution in [-0.2, 0) is 0 Å². The molecule has 1 fully saturated rings. The van der Waals surface area contributed by atoms with E-state index >= 15 is 0 Å². The summed E-state index contributed by atoms with van der Waals surface area (Å²) < 4.78 is 5.29. The molecule has 3 N–H and O–H groups in total. The van der Waals surface area contributed by atoms with Crippen molar-refractivity contribution in [3.05, 3.63) is 65.5 Å². The summed E-state index contributed by atoms with van der Waals surface area (Å²) in [5.41, 5.74) is 1.20. The zero-order chi connectivity index (χ0) is 16.5. The van der Waals surface area contributed by atoms with Crippen LogP contribution >= 0.6 is 0 Å². The summed E-state index contributed by atoms with van der Waals surface area (Å²) in [5.74, 6) is 0.345. The Kier molecular flexibility index (Phi) is 4.06. The lowest BCUT2D eigenvalue weighted by Gasteiger charge is -2.15. The van der Waals surface area contributed by atoms with Crippen molar-refractivity contribution in [2.24, 2.45) is 0 Å². The summed E-state index contributed by atoms with van der Waals surface area (Å²) in [6.45, 7) is 0.909. The maximum atomic E-state index is 10.6. The van der Waals surface area contributed by atoms with Gasteiger partial charge in [0, 0.05) is 12.1 Å². The molecule has 4 rings (SSSR count). The van der Waals surface area contributed by atoms with Crippen LogP contribution in [0.3, 0.4) is 0 Å². The van der Waals surface area contributed by atoms with Gasteiger partial charge in [0.25, 0.3) is 0 Å². The third-order valence-corrected chi connectivity index (χ3v) is 4.69. The predicted octanol–water partition coefficient (Wildman–Crippen LogP) is 2.69. The molecule has 1 aliphatic rings. The molecule has 2 aromatic carbocycles. The van der Waals surface area contributed by atoms with Gasteiger partial charge in [-0.1, -0.05) is 41.6 Å². The van der Waals surface area contributed by atoms with Gasteiger partial charge < -0.3 is 20.1 Å². The fourth-order valence-electron chi connectivity index (χ4n) is 3.30. The van der Waals surface area contributed by atoms with Crippen LogP contribution in [0.4, 0.5) is 0 Å². The molecular formula is C19H20N2O3. The standard InChI is InChI=1S/C19H20N2O3/c22-18(14-8-7-12-4-1-2-5-13(12)10-14)17-11-16(21-24-17)19(23)15-6-3-9-20-15/h1-2,4-5,7-8,10-11,15,18-20,22-23H,3,6,9H2/t15-,18-,19-/m0/s1. The first-order chi connectivity index (χ1) is 11.7. The number of rotatable bonds is 4. The molecule has 1 aromatic heterocycles. The Morgan fingerprint density at radius 1 is 1.08 bits per heavy atom. The minimum atomic E-state index is -0.903. The molecule has 0 saturated carbocycles. The fourth-order valence-corrected chi connectivity index (χ4v) is 3.30. The monoisotopic (exact) mass is 324 g/mol. The Bertz CT molecular complexity index is 839. The van der Waals surface area contributed by atoms with Crippen molar-refractivity contribution < 1.29 is 14.7 Å². The number of nitrogens with one attached hydrogen (secondary N) is 1. The minimum Gasteiger partial charge on any atom is -0.385 e. The first-order valence-corrected chi connectivity index (χ1v) is 8.27. The Morgan fingerprint density at radius 2 is 1.92 bits per heavy atom. The lowest BCUT2D eigenvalue weighted by molar-refractivity contribution is 0.127. The number of hydrogen-bond acceptors (Lipinski definition) is 5. The third kappa shape index (κ3) is 2.82. The van der Waals surface area contributed by atoms with Crippen molar-refractivity contribution in [2.45, 2.75) is 31.1 Å². The summed E-state index contributed by atoms with van der Waals surface area (Å²) in [5, 5.41) is 30.3. The molecule has 1 saturated heterocycles. The van der Waals surface area contributed by atoms with Crippen LogP contribution in [0.25, 0.3) is 10.8 Å². The van der Waals surface area contributed by atoms with Gasteiger partial charge in [0.2, 0.25) is 0 Å². The van der Waals surface area contributed by atoms with Crippen LogP contribution < -0.4 is 5.32 Å². The maximum Gasteiger partial charge on any atom is 0.170 e. The first kappa shape index (κ1) is 15.3. The van der Waals surface area contributed by atoms with Crippen molar-refractivity contribution >= 4 is 10.8 Å².